The van der Waals surface area contributed by atoms with Gasteiger partial charge >= 0.3 is 0 Å². The molecule has 1 aromatic rings. The first-order valence-corrected chi connectivity index (χ1v) is 13.4. The second-order valence-electron chi connectivity index (χ2n) is 9.21. The van der Waals surface area contributed by atoms with E-state index in [0.29, 0.717) is 12.1 Å². The van der Waals surface area contributed by atoms with Crippen molar-refractivity contribution in [1.29, 1.82) is 0 Å². The number of nitrogens with zero attached hydrogens (tertiary/aromatic N) is 1. The molecule has 0 saturated carbocycles. The van der Waals surface area contributed by atoms with Crippen LogP contribution in [0.3, 0.4) is 0 Å². The number of carbonyl (C=O) groups excluding carboxylic acids is 1. The Labute approximate surface area is 187 Å². The Balaban J connectivity index is 1.68. The van der Waals surface area contributed by atoms with Gasteiger partial charge < -0.3 is 4.98 Å². The molecule has 3 heteroatoms. The van der Waals surface area contributed by atoms with Gasteiger partial charge in [-0.1, -0.05) is 135 Å². The van der Waals surface area contributed by atoms with Crippen molar-refractivity contribution in [3.63, 3.8) is 0 Å². The molecule has 0 atom stereocenters. The quantitative estimate of drug-likeness (QED) is 0.142. The van der Waals surface area contributed by atoms with Crippen LogP contribution in [0, 0.1) is 0 Å². The summed E-state index contributed by atoms with van der Waals surface area (Å²) in [5, 5.41) is 0. The number of rotatable bonds is 23. The molecule has 0 radical (unpaired) electrons. The van der Waals surface area contributed by atoms with Crippen LogP contribution < -0.4 is 0 Å². The molecule has 1 rings (SSSR count). The highest BCUT2D eigenvalue weighted by Gasteiger charge is 2.05. The molecule has 0 aliphatic heterocycles. The van der Waals surface area contributed by atoms with Crippen molar-refractivity contribution in [2.45, 2.75) is 148 Å². The first kappa shape index (κ1) is 26.9. The topological polar surface area (TPSA) is 45.8 Å². The van der Waals surface area contributed by atoms with Gasteiger partial charge in [-0.3, -0.25) is 4.79 Å². The summed E-state index contributed by atoms with van der Waals surface area (Å²) in [7, 11) is 0. The molecule has 0 aliphatic rings. The average Bonchev–Trinajstić information content (AvgIpc) is 3.30. The second-order valence-corrected chi connectivity index (χ2v) is 9.21. The molecule has 3 nitrogen and oxygen atoms in total. The van der Waals surface area contributed by atoms with Crippen molar-refractivity contribution < 1.29 is 4.79 Å². The van der Waals surface area contributed by atoms with Gasteiger partial charge in [0.2, 0.25) is 0 Å². The fraction of sp³-hybridized carbons (Fsp3) is 0.852. The number of H-pyrrole nitrogens is 1. The van der Waals surface area contributed by atoms with Gasteiger partial charge in [0, 0.05) is 6.42 Å². The lowest BCUT2D eigenvalue weighted by Gasteiger charge is -2.04. The summed E-state index contributed by atoms with van der Waals surface area (Å²) >= 11 is 0. The van der Waals surface area contributed by atoms with E-state index in [2.05, 4.69) is 16.9 Å². The van der Waals surface area contributed by atoms with Crippen LogP contribution in [-0.4, -0.2) is 15.8 Å². The largest absolute Gasteiger partial charge is 0.342 e. The van der Waals surface area contributed by atoms with E-state index in [0.717, 1.165) is 6.42 Å². The zero-order valence-electron chi connectivity index (χ0n) is 20.1. The van der Waals surface area contributed by atoms with E-state index in [-0.39, 0.29) is 5.78 Å². The number of ketones is 1. The number of imidazole rings is 1. The molecule has 0 bridgehead atoms. The Morgan fingerprint density at radius 1 is 0.633 bits per heavy atom. The van der Waals surface area contributed by atoms with Crippen molar-refractivity contribution in [3.05, 3.63) is 18.2 Å². The predicted molar refractivity (Wildman–Crippen MR) is 130 cm³/mol. The number of aromatic amines is 1. The molecule has 0 aliphatic carbocycles. The minimum atomic E-state index is 0.199. The highest BCUT2D eigenvalue weighted by Crippen LogP contribution is 2.15. The molecule has 1 heterocycles. The zero-order chi connectivity index (χ0) is 21.5. The Bertz CT molecular complexity index is 469. The number of carbonyl (C=O) groups is 1. The van der Waals surface area contributed by atoms with Gasteiger partial charge in [0.1, 0.15) is 5.69 Å². The molecule has 174 valence electrons. The molecule has 0 spiro atoms. The molecule has 1 N–H and O–H groups in total. The van der Waals surface area contributed by atoms with E-state index in [9.17, 15) is 4.79 Å². The predicted octanol–water partition coefficient (Wildman–Crippen LogP) is 9.19. The second kappa shape index (κ2) is 21.1. The van der Waals surface area contributed by atoms with E-state index >= 15 is 0 Å². The first-order chi connectivity index (χ1) is 14.8. The van der Waals surface area contributed by atoms with Crippen LogP contribution in [0.25, 0.3) is 0 Å². The van der Waals surface area contributed by atoms with Gasteiger partial charge in [-0.25, -0.2) is 4.98 Å². The lowest BCUT2D eigenvalue weighted by Crippen LogP contribution is -1.98. The van der Waals surface area contributed by atoms with Gasteiger partial charge in [-0.15, -0.1) is 0 Å². The summed E-state index contributed by atoms with van der Waals surface area (Å²) in [4.78, 5) is 18.6. The lowest BCUT2D eigenvalue weighted by atomic mass is 10.0. The Morgan fingerprint density at radius 3 is 1.33 bits per heavy atom. The average molecular weight is 419 g/mol. The maximum absolute atomic E-state index is 11.8. The van der Waals surface area contributed by atoms with Gasteiger partial charge in [-0.2, -0.15) is 0 Å². The SMILES string of the molecule is CCCCCCCCCCCCCCCCCCCCCCCC(=O)c1cnc[nH]1. The van der Waals surface area contributed by atoms with Crippen molar-refractivity contribution in [2.24, 2.45) is 0 Å². The summed E-state index contributed by atoms with van der Waals surface area (Å²) in [5.41, 5.74) is 0.656. The summed E-state index contributed by atoms with van der Waals surface area (Å²) in [5.74, 6) is 0.199. The van der Waals surface area contributed by atoms with Crippen molar-refractivity contribution >= 4 is 5.78 Å². The van der Waals surface area contributed by atoms with Crippen LogP contribution in [-0.2, 0) is 0 Å². The first-order valence-electron chi connectivity index (χ1n) is 13.4. The fourth-order valence-electron chi connectivity index (χ4n) is 4.26. The van der Waals surface area contributed by atoms with Crippen LogP contribution in [0.15, 0.2) is 12.5 Å². The number of Topliss-reactive ketones (excluding diaryl/α,β-unsaturated/α-hetero) is 1. The van der Waals surface area contributed by atoms with Crippen LogP contribution in [0.5, 0.6) is 0 Å². The van der Waals surface area contributed by atoms with Crippen molar-refractivity contribution in [1.82, 2.24) is 9.97 Å². The molecule has 30 heavy (non-hydrogen) atoms. The van der Waals surface area contributed by atoms with E-state index < -0.39 is 0 Å². The maximum Gasteiger partial charge on any atom is 0.180 e. The normalized spacial score (nSPS) is 11.2. The number of nitrogens with one attached hydrogen (secondary N) is 1. The zero-order valence-corrected chi connectivity index (χ0v) is 20.1. The molecular weight excluding hydrogens is 368 g/mol. The Morgan fingerprint density at radius 2 is 1.00 bits per heavy atom. The van der Waals surface area contributed by atoms with E-state index in [4.69, 9.17) is 0 Å². The minimum Gasteiger partial charge on any atom is -0.342 e. The third-order valence-electron chi connectivity index (χ3n) is 6.31. The van der Waals surface area contributed by atoms with Crippen molar-refractivity contribution in [2.75, 3.05) is 0 Å². The van der Waals surface area contributed by atoms with Gasteiger partial charge in [0.05, 0.1) is 12.5 Å². The third kappa shape index (κ3) is 16.7. The molecule has 0 aromatic carbocycles. The third-order valence-corrected chi connectivity index (χ3v) is 6.31. The molecular formula is C27H50N2O. The van der Waals surface area contributed by atoms with E-state index in [1.54, 1.807) is 12.5 Å². The highest BCUT2D eigenvalue weighted by atomic mass is 16.1. The van der Waals surface area contributed by atoms with E-state index in [1.807, 2.05) is 0 Å². The molecule has 0 saturated heterocycles. The minimum absolute atomic E-state index is 0.199. The Kier molecular flexibility index (Phi) is 19.0. The van der Waals surface area contributed by atoms with Gasteiger partial charge in [0.25, 0.3) is 0 Å². The molecule has 1 aromatic heterocycles. The van der Waals surface area contributed by atoms with Crippen LogP contribution in [0.1, 0.15) is 159 Å². The van der Waals surface area contributed by atoms with Crippen LogP contribution >= 0.6 is 0 Å². The summed E-state index contributed by atoms with van der Waals surface area (Å²) in [6, 6.07) is 0. The summed E-state index contributed by atoms with van der Waals surface area (Å²) in [6.07, 6.45) is 33.1. The highest BCUT2D eigenvalue weighted by molar-refractivity contribution is 5.93. The number of aromatic nitrogens is 2. The van der Waals surface area contributed by atoms with Crippen LogP contribution in [0.4, 0.5) is 0 Å². The molecule has 0 amide bonds. The monoisotopic (exact) mass is 418 g/mol. The van der Waals surface area contributed by atoms with Crippen LogP contribution in [0.2, 0.25) is 0 Å². The van der Waals surface area contributed by atoms with Gasteiger partial charge in [-0.05, 0) is 6.42 Å². The summed E-state index contributed by atoms with van der Waals surface area (Å²) in [6.45, 7) is 2.29. The Hall–Kier alpha value is -1.12. The standard InChI is InChI=1S/C27H50N2O/c1-2-3-4-5-6-7-8-9-10-11-12-13-14-15-16-17-18-19-20-21-22-23-27(30)26-24-28-25-29-26/h24-25H,2-23H2,1H3,(H,28,29). The molecule has 0 unspecified atom stereocenters. The number of hydrogen-bond donors (Lipinski definition) is 1. The smallest absolute Gasteiger partial charge is 0.180 e. The van der Waals surface area contributed by atoms with Gasteiger partial charge in [0.15, 0.2) is 5.78 Å². The molecule has 0 fully saturated rings. The van der Waals surface area contributed by atoms with E-state index in [1.165, 1.54) is 128 Å². The number of unbranched alkanes of at least 4 members (excludes halogenated alkanes) is 20. The lowest BCUT2D eigenvalue weighted by molar-refractivity contribution is 0.0975. The number of hydrogen-bond acceptors (Lipinski definition) is 2. The fourth-order valence-corrected chi connectivity index (χ4v) is 4.26. The summed E-state index contributed by atoms with van der Waals surface area (Å²) < 4.78 is 0. The maximum atomic E-state index is 11.8. The van der Waals surface area contributed by atoms with Crippen molar-refractivity contribution in [3.8, 4) is 0 Å².